The summed E-state index contributed by atoms with van der Waals surface area (Å²) in [6, 6.07) is 0. The van der Waals surface area contributed by atoms with Gasteiger partial charge in [-0.25, -0.2) is 0 Å². The average Bonchev–Trinajstić information content (AvgIpc) is 2.28. The number of carbonyl (C=O) groups excluding carboxylic acids is 1. The Labute approximate surface area is 92.5 Å². The number of rotatable bonds is 4. The Balaban J connectivity index is 2.33. The molecule has 0 aliphatic carbocycles. The standard InChI is InChI=1S/C12H23NO2/c1-3-10(2)12(15)13-7-4-11(5-8-13)6-9-14/h10-11,14H,3-9H2,1-2H3. The third-order valence-electron chi connectivity index (χ3n) is 3.50. The van der Waals surface area contributed by atoms with Gasteiger partial charge in [-0.15, -0.1) is 0 Å². The minimum absolute atomic E-state index is 0.166. The van der Waals surface area contributed by atoms with Crippen LogP contribution in [0.4, 0.5) is 0 Å². The van der Waals surface area contributed by atoms with Crippen molar-refractivity contribution in [2.45, 2.75) is 39.5 Å². The topological polar surface area (TPSA) is 40.5 Å². The van der Waals surface area contributed by atoms with E-state index in [9.17, 15) is 4.79 Å². The zero-order valence-electron chi connectivity index (χ0n) is 9.91. The van der Waals surface area contributed by atoms with Crippen molar-refractivity contribution in [2.24, 2.45) is 11.8 Å². The lowest BCUT2D eigenvalue weighted by Gasteiger charge is -2.33. The first-order valence-corrected chi connectivity index (χ1v) is 6.08. The van der Waals surface area contributed by atoms with E-state index in [-0.39, 0.29) is 12.5 Å². The third kappa shape index (κ3) is 3.49. The maximum Gasteiger partial charge on any atom is 0.225 e. The number of nitrogens with zero attached hydrogens (tertiary/aromatic N) is 1. The van der Waals surface area contributed by atoms with Crippen LogP contribution in [0.5, 0.6) is 0 Å². The van der Waals surface area contributed by atoms with Crippen LogP contribution in [0.25, 0.3) is 0 Å². The van der Waals surface area contributed by atoms with Crippen LogP contribution >= 0.6 is 0 Å². The molecule has 0 aromatic rings. The maximum atomic E-state index is 11.9. The molecule has 1 saturated heterocycles. The molecule has 1 unspecified atom stereocenters. The van der Waals surface area contributed by atoms with Crippen LogP contribution < -0.4 is 0 Å². The number of carbonyl (C=O) groups is 1. The van der Waals surface area contributed by atoms with Crippen molar-refractivity contribution in [3.05, 3.63) is 0 Å². The lowest BCUT2D eigenvalue weighted by molar-refractivity contribution is -0.136. The van der Waals surface area contributed by atoms with E-state index in [0.717, 1.165) is 38.8 Å². The predicted octanol–water partition coefficient (Wildman–Crippen LogP) is 1.65. The summed E-state index contributed by atoms with van der Waals surface area (Å²) in [6.45, 7) is 6.11. The summed E-state index contributed by atoms with van der Waals surface area (Å²) >= 11 is 0. The van der Waals surface area contributed by atoms with Gasteiger partial charge < -0.3 is 10.0 Å². The second-order valence-electron chi connectivity index (χ2n) is 4.59. The van der Waals surface area contributed by atoms with Crippen molar-refractivity contribution in [1.29, 1.82) is 0 Å². The summed E-state index contributed by atoms with van der Waals surface area (Å²) in [7, 11) is 0. The normalized spacial score (nSPS) is 20.3. The summed E-state index contributed by atoms with van der Waals surface area (Å²) in [4.78, 5) is 13.9. The van der Waals surface area contributed by atoms with E-state index in [1.165, 1.54) is 0 Å². The summed E-state index contributed by atoms with van der Waals surface area (Å²) in [5.41, 5.74) is 0. The fourth-order valence-corrected chi connectivity index (χ4v) is 2.11. The molecule has 1 N–H and O–H groups in total. The van der Waals surface area contributed by atoms with Crippen molar-refractivity contribution in [2.75, 3.05) is 19.7 Å². The molecular weight excluding hydrogens is 190 g/mol. The summed E-state index contributed by atoms with van der Waals surface area (Å²) in [5.74, 6) is 1.09. The van der Waals surface area contributed by atoms with E-state index < -0.39 is 0 Å². The average molecular weight is 213 g/mol. The van der Waals surface area contributed by atoms with Gasteiger partial charge in [-0.1, -0.05) is 13.8 Å². The molecule has 1 heterocycles. The second-order valence-corrected chi connectivity index (χ2v) is 4.59. The molecule has 0 spiro atoms. The molecule has 3 nitrogen and oxygen atoms in total. The highest BCUT2D eigenvalue weighted by Crippen LogP contribution is 2.21. The van der Waals surface area contributed by atoms with Crippen molar-refractivity contribution in [3.63, 3.8) is 0 Å². The van der Waals surface area contributed by atoms with E-state index in [0.29, 0.717) is 11.8 Å². The first kappa shape index (κ1) is 12.5. The Bertz CT molecular complexity index is 198. The highest BCUT2D eigenvalue weighted by atomic mass is 16.3. The van der Waals surface area contributed by atoms with Gasteiger partial charge in [0.15, 0.2) is 0 Å². The summed E-state index contributed by atoms with van der Waals surface area (Å²) in [6.07, 6.45) is 3.94. The molecule has 0 aromatic carbocycles. The van der Waals surface area contributed by atoms with E-state index in [2.05, 4.69) is 6.92 Å². The fourth-order valence-electron chi connectivity index (χ4n) is 2.11. The molecule has 1 aliphatic rings. The molecular formula is C12H23NO2. The van der Waals surface area contributed by atoms with Crippen molar-refractivity contribution in [3.8, 4) is 0 Å². The van der Waals surface area contributed by atoms with E-state index in [4.69, 9.17) is 5.11 Å². The molecule has 1 rings (SSSR count). The van der Waals surface area contributed by atoms with Crippen LogP contribution in [0.1, 0.15) is 39.5 Å². The van der Waals surface area contributed by atoms with Gasteiger partial charge in [0.2, 0.25) is 5.91 Å². The molecule has 0 aromatic heterocycles. The third-order valence-corrected chi connectivity index (χ3v) is 3.50. The van der Waals surface area contributed by atoms with Gasteiger partial charge in [-0.05, 0) is 31.6 Å². The number of piperidine rings is 1. The molecule has 0 saturated carbocycles. The summed E-state index contributed by atoms with van der Waals surface area (Å²) < 4.78 is 0. The Hall–Kier alpha value is -0.570. The lowest BCUT2D eigenvalue weighted by Crippen LogP contribution is -2.41. The highest BCUT2D eigenvalue weighted by Gasteiger charge is 2.24. The zero-order chi connectivity index (χ0) is 11.3. The van der Waals surface area contributed by atoms with Crippen LogP contribution in [-0.4, -0.2) is 35.6 Å². The van der Waals surface area contributed by atoms with Gasteiger partial charge in [0.1, 0.15) is 0 Å². The fraction of sp³-hybridized carbons (Fsp3) is 0.917. The first-order chi connectivity index (χ1) is 7.19. The van der Waals surface area contributed by atoms with Gasteiger partial charge in [0.05, 0.1) is 0 Å². The quantitative estimate of drug-likeness (QED) is 0.771. The first-order valence-electron chi connectivity index (χ1n) is 6.08. The highest BCUT2D eigenvalue weighted by molar-refractivity contribution is 5.78. The largest absolute Gasteiger partial charge is 0.396 e. The zero-order valence-corrected chi connectivity index (χ0v) is 9.91. The SMILES string of the molecule is CCC(C)C(=O)N1CCC(CCO)CC1. The Morgan fingerprint density at radius 3 is 2.53 bits per heavy atom. The van der Waals surface area contributed by atoms with Gasteiger partial charge in [-0.3, -0.25) is 4.79 Å². The molecule has 1 amide bonds. The molecule has 1 fully saturated rings. The van der Waals surface area contributed by atoms with Gasteiger partial charge in [0, 0.05) is 25.6 Å². The minimum atomic E-state index is 0.166. The number of aliphatic hydroxyl groups is 1. The number of amides is 1. The van der Waals surface area contributed by atoms with Gasteiger partial charge in [-0.2, -0.15) is 0 Å². The van der Waals surface area contributed by atoms with E-state index >= 15 is 0 Å². The Morgan fingerprint density at radius 1 is 1.47 bits per heavy atom. The molecule has 1 aliphatic heterocycles. The van der Waals surface area contributed by atoms with Crippen molar-refractivity contribution >= 4 is 5.91 Å². The van der Waals surface area contributed by atoms with Crippen molar-refractivity contribution < 1.29 is 9.90 Å². The van der Waals surface area contributed by atoms with E-state index in [1.807, 2.05) is 11.8 Å². The van der Waals surface area contributed by atoms with Crippen LogP contribution in [0.3, 0.4) is 0 Å². The van der Waals surface area contributed by atoms with E-state index in [1.54, 1.807) is 0 Å². The molecule has 1 atom stereocenters. The Morgan fingerprint density at radius 2 is 2.07 bits per heavy atom. The van der Waals surface area contributed by atoms with Gasteiger partial charge in [0.25, 0.3) is 0 Å². The molecule has 15 heavy (non-hydrogen) atoms. The van der Waals surface area contributed by atoms with Gasteiger partial charge >= 0.3 is 0 Å². The Kier molecular flexibility index (Phi) is 5.09. The number of hydrogen-bond donors (Lipinski definition) is 1. The molecule has 0 bridgehead atoms. The number of aliphatic hydroxyl groups excluding tert-OH is 1. The van der Waals surface area contributed by atoms with Crippen molar-refractivity contribution in [1.82, 2.24) is 4.90 Å². The smallest absolute Gasteiger partial charge is 0.225 e. The van der Waals surface area contributed by atoms with Crippen LogP contribution in [0.2, 0.25) is 0 Å². The number of hydrogen-bond acceptors (Lipinski definition) is 2. The summed E-state index contributed by atoms with van der Waals surface area (Å²) in [5, 5.41) is 8.84. The van der Waals surface area contributed by atoms with Crippen LogP contribution in [-0.2, 0) is 4.79 Å². The monoisotopic (exact) mass is 213 g/mol. The number of likely N-dealkylation sites (tertiary alicyclic amines) is 1. The lowest BCUT2D eigenvalue weighted by atomic mass is 9.93. The molecule has 88 valence electrons. The second kappa shape index (κ2) is 6.11. The van der Waals surface area contributed by atoms with Crippen LogP contribution in [0, 0.1) is 11.8 Å². The molecule has 0 radical (unpaired) electrons. The minimum Gasteiger partial charge on any atom is -0.396 e. The maximum absolute atomic E-state index is 11.9. The predicted molar refractivity (Wildman–Crippen MR) is 60.5 cm³/mol. The van der Waals surface area contributed by atoms with Crippen LogP contribution in [0.15, 0.2) is 0 Å². The molecule has 3 heteroatoms.